The number of carbonyl (C=O) groups is 1. The van der Waals surface area contributed by atoms with Crippen LogP contribution in [0.3, 0.4) is 0 Å². The Morgan fingerprint density at radius 3 is 2.67 bits per heavy atom. The molecule has 0 aliphatic heterocycles. The van der Waals surface area contributed by atoms with E-state index in [1.807, 2.05) is 30.3 Å². The van der Waals surface area contributed by atoms with Gasteiger partial charge in [-0.1, -0.05) is 24.3 Å². The average molecular weight is 322 g/mol. The molecule has 3 rings (SSSR count). The number of furan rings is 1. The van der Waals surface area contributed by atoms with Crippen molar-refractivity contribution in [1.82, 2.24) is 9.97 Å². The lowest BCUT2D eigenvalue weighted by Crippen LogP contribution is -2.02. The van der Waals surface area contributed by atoms with Gasteiger partial charge in [-0.25, -0.2) is 4.98 Å². The number of hydrogen-bond donors (Lipinski definition) is 2. The van der Waals surface area contributed by atoms with Crippen LogP contribution in [0, 0.1) is 0 Å². The molecule has 0 unspecified atom stereocenters. The van der Waals surface area contributed by atoms with Crippen molar-refractivity contribution in [2.75, 3.05) is 18.1 Å². The van der Waals surface area contributed by atoms with Gasteiger partial charge in [0.05, 0.1) is 12.0 Å². The van der Waals surface area contributed by atoms with Gasteiger partial charge in [0.25, 0.3) is 0 Å². The molecule has 24 heavy (non-hydrogen) atoms. The Morgan fingerprint density at radius 2 is 2.00 bits per heavy atom. The number of aromatic nitrogens is 2. The lowest BCUT2D eigenvalue weighted by atomic mass is 10.0. The van der Waals surface area contributed by atoms with E-state index in [0.29, 0.717) is 29.9 Å². The molecule has 3 aromatic rings. The number of ketones is 1. The fourth-order valence-electron chi connectivity index (χ4n) is 2.40. The van der Waals surface area contributed by atoms with Crippen LogP contribution in [0.5, 0.6) is 0 Å². The fourth-order valence-corrected chi connectivity index (χ4v) is 2.40. The standard InChI is InChI=1S/C18H18N4O2/c1-20-17-11-15(21-18(19)22-17)12-4-6-13(7-5-12)16(23)9-8-14-3-2-10-24-14/h2-7,10-11H,8-9H2,1H3,(H3,19,20,21,22). The van der Waals surface area contributed by atoms with Crippen molar-refractivity contribution in [2.45, 2.75) is 12.8 Å². The highest BCUT2D eigenvalue weighted by molar-refractivity contribution is 5.96. The molecule has 0 fully saturated rings. The van der Waals surface area contributed by atoms with Gasteiger partial charge in [-0.15, -0.1) is 0 Å². The van der Waals surface area contributed by atoms with E-state index >= 15 is 0 Å². The van der Waals surface area contributed by atoms with E-state index in [4.69, 9.17) is 10.2 Å². The second kappa shape index (κ2) is 6.95. The first-order valence-electron chi connectivity index (χ1n) is 7.64. The molecular formula is C18H18N4O2. The molecule has 6 nitrogen and oxygen atoms in total. The molecule has 2 heterocycles. The smallest absolute Gasteiger partial charge is 0.222 e. The molecule has 6 heteroatoms. The van der Waals surface area contributed by atoms with Crippen molar-refractivity contribution in [2.24, 2.45) is 0 Å². The summed E-state index contributed by atoms with van der Waals surface area (Å²) in [4.78, 5) is 20.5. The van der Waals surface area contributed by atoms with Crippen LogP contribution in [0.2, 0.25) is 0 Å². The first-order valence-corrected chi connectivity index (χ1v) is 7.64. The predicted molar refractivity (Wildman–Crippen MR) is 92.8 cm³/mol. The van der Waals surface area contributed by atoms with E-state index in [-0.39, 0.29) is 11.7 Å². The second-order valence-electron chi connectivity index (χ2n) is 5.33. The Balaban J connectivity index is 1.73. The summed E-state index contributed by atoms with van der Waals surface area (Å²) >= 11 is 0. The Hall–Kier alpha value is -3.15. The summed E-state index contributed by atoms with van der Waals surface area (Å²) < 4.78 is 5.25. The second-order valence-corrected chi connectivity index (χ2v) is 5.33. The summed E-state index contributed by atoms with van der Waals surface area (Å²) in [7, 11) is 1.77. The van der Waals surface area contributed by atoms with Gasteiger partial charge in [0, 0.05) is 37.1 Å². The van der Waals surface area contributed by atoms with Gasteiger partial charge in [0.2, 0.25) is 5.95 Å². The molecule has 0 radical (unpaired) electrons. The molecule has 3 N–H and O–H groups in total. The molecule has 0 aliphatic rings. The number of anilines is 2. The number of nitrogens with two attached hydrogens (primary N) is 1. The van der Waals surface area contributed by atoms with Crippen LogP contribution in [-0.2, 0) is 6.42 Å². The zero-order valence-corrected chi connectivity index (χ0v) is 13.3. The van der Waals surface area contributed by atoms with Crippen LogP contribution in [0.25, 0.3) is 11.3 Å². The third kappa shape index (κ3) is 3.60. The minimum Gasteiger partial charge on any atom is -0.469 e. The SMILES string of the molecule is CNc1cc(-c2ccc(C(=O)CCc3ccco3)cc2)nc(N)n1. The number of hydrogen-bond acceptors (Lipinski definition) is 6. The quantitative estimate of drug-likeness (QED) is 0.677. The summed E-state index contributed by atoms with van der Waals surface area (Å²) in [5.41, 5.74) is 7.97. The van der Waals surface area contributed by atoms with Crippen LogP contribution in [0.4, 0.5) is 11.8 Å². The largest absolute Gasteiger partial charge is 0.469 e. The van der Waals surface area contributed by atoms with Crippen LogP contribution in [0.1, 0.15) is 22.5 Å². The number of rotatable bonds is 6. The minimum absolute atomic E-state index is 0.0797. The van der Waals surface area contributed by atoms with Crippen LogP contribution in [-0.4, -0.2) is 22.8 Å². The number of nitrogens with zero attached hydrogens (tertiary/aromatic N) is 2. The van der Waals surface area contributed by atoms with Crippen molar-refractivity contribution in [3.63, 3.8) is 0 Å². The van der Waals surface area contributed by atoms with Crippen molar-refractivity contribution in [3.05, 3.63) is 60.1 Å². The Bertz CT molecular complexity index is 827. The highest BCUT2D eigenvalue weighted by Gasteiger charge is 2.09. The maximum absolute atomic E-state index is 12.2. The van der Waals surface area contributed by atoms with Crippen molar-refractivity contribution >= 4 is 17.5 Å². The Labute approximate surface area is 139 Å². The first kappa shape index (κ1) is 15.7. The molecule has 0 aliphatic carbocycles. The van der Waals surface area contributed by atoms with Gasteiger partial charge in [-0.3, -0.25) is 4.79 Å². The summed E-state index contributed by atoms with van der Waals surface area (Å²) in [6, 6.07) is 12.8. The lowest BCUT2D eigenvalue weighted by Gasteiger charge is -2.06. The molecule has 0 bridgehead atoms. The number of nitrogen functional groups attached to an aromatic ring is 1. The Morgan fingerprint density at radius 1 is 1.21 bits per heavy atom. The van der Waals surface area contributed by atoms with E-state index in [1.54, 1.807) is 25.4 Å². The van der Waals surface area contributed by atoms with Crippen molar-refractivity contribution in [3.8, 4) is 11.3 Å². The number of carbonyl (C=O) groups excluding carboxylic acids is 1. The first-order chi connectivity index (χ1) is 11.7. The van der Waals surface area contributed by atoms with E-state index in [2.05, 4.69) is 15.3 Å². The lowest BCUT2D eigenvalue weighted by molar-refractivity contribution is 0.0981. The zero-order chi connectivity index (χ0) is 16.9. The van der Waals surface area contributed by atoms with Gasteiger partial charge in [-0.2, -0.15) is 4.98 Å². The molecule has 0 amide bonds. The summed E-state index contributed by atoms with van der Waals surface area (Å²) in [6.07, 6.45) is 2.63. The molecule has 122 valence electrons. The summed E-state index contributed by atoms with van der Waals surface area (Å²) in [6.45, 7) is 0. The van der Waals surface area contributed by atoms with E-state index in [9.17, 15) is 4.79 Å². The third-order valence-corrected chi connectivity index (χ3v) is 3.68. The van der Waals surface area contributed by atoms with E-state index < -0.39 is 0 Å². The number of nitrogens with one attached hydrogen (secondary N) is 1. The van der Waals surface area contributed by atoms with Gasteiger partial charge in [0.15, 0.2) is 5.78 Å². The monoisotopic (exact) mass is 322 g/mol. The molecule has 0 spiro atoms. The topological polar surface area (TPSA) is 94.0 Å². The van der Waals surface area contributed by atoms with Gasteiger partial charge >= 0.3 is 0 Å². The maximum atomic E-state index is 12.2. The predicted octanol–water partition coefficient (Wildman–Crippen LogP) is 3.18. The zero-order valence-electron chi connectivity index (χ0n) is 13.3. The molecule has 2 aromatic heterocycles. The molecule has 0 atom stereocenters. The third-order valence-electron chi connectivity index (χ3n) is 3.68. The molecule has 0 saturated carbocycles. The van der Waals surface area contributed by atoms with Gasteiger partial charge in [0.1, 0.15) is 11.6 Å². The van der Waals surface area contributed by atoms with Crippen molar-refractivity contribution < 1.29 is 9.21 Å². The van der Waals surface area contributed by atoms with Crippen LogP contribution < -0.4 is 11.1 Å². The number of benzene rings is 1. The number of Topliss-reactive ketones (excluding diaryl/α,β-unsaturated/α-hetero) is 1. The highest BCUT2D eigenvalue weighted by atomic mass is 16.3. The van der Waals surface area contributed by atoms with E-state index in [1.165, 1.54) is 0 Å². The number of aryl methyl sites for hydroxylation is 1. The van der Waals surface area contributed by atoms with Crippen LogP contribution in [0.15, 0.2) is 53.1 Å². The summed E-state index contributed by atoms with van der Waals surface area (Å²) in [5.74, 6) is 1.75. The normalized spacial score (nSPS) is 10.5. The van der Waals surface area contributed by atoms with Crippen molar-refractivity contribution in [1.29, 1.82) is 0 Å². The minimum atomic E-state index is 0.0797. The Kier molecular flexibility index (Phi) is 4.56. The van der Waals surface area contributed by atoms with Gasteiger partial charge in [-0.05, 0) is 12.1 Å². The van der Waals surface area contributed by atoms with Gasteiger partial charge < -0.3 is 15.5 Å². The molecular weight excluding hydrogens is 304 g/mol. The fraction of sp³-hybridized carbons (Fsp3) is 0.167. The average Bonchev–Trinajstić information content (AvgIpc) is 3.12. The molecule has 1 aromatic carbocycles. The highest BCUT2D eigenvalue weighted by Crippen LogP contribution is 2.21. The van der Waals surface area contributed by atoms with E-state index in [0.717, 1.165) is 11.3 Å². The maximum Gasteiger partial charge on any atom is 0.222 e. The molecule has 0 saturated heterocycles. The van der Waals surface area contributed by atoms with Crippen LogP contribution >= 0.6 is 0 Å². The summed E-state index contributed by atoms with van der Waals surface area (Å²) in [5, 5.41) is 2.94.